The van der Waals surface area contributed by atoms with Gasteiger partial charge in [0.05, 0.1) is 0 Å². The molecule has 0 atom stereocenters. The summed E-state index contributed by atoms with van der Waals surface area (Å²) in [5.74, 6) is -0.481. The second-order valence-electron chi connectivity index (χ2n) is 1.97. The highest BCUT2D eigenvalue weighted by Crippen LogP contribution is 1.48. The average Bonchev–Trinajstić information content (AvgIpc) is 2.08. The number of nitrogens with one attached hydrogen (secondary N) is 1. The van der Waals surface area contributed by atoms with E-state index in [4.69, 9.17) is 5.73 Å². The van der Waals surface area contributed by atoms with E-state index in [-0.39, 0.29) is 0 Å². The van der Waals surface area contributed by atoms with Crippen LogP contribution in [0.2, 0.25) is 0 Å². The molecular weight excluding hydrogens is 166 g/mol. The van der Waals surface area contributed by atoms with Crippen LogP contribution < -0.4 is 16.8 Å². The van der Waals surface area contributed by atoms with Crippen molar-refractivity contribution in [3.63, 3.8) is 0 Å². The molecule has 0 radical (unpaired) electrons. The molecule has 0 unspecified atom stereocenters. The van der Waals surface area contributed by atoms with Gasteiger partial charge in [0.15, 0.2) is 0 Å². The molecule has 0 rings (SSSR count). The minimum atomic E-state index is -0.481. The van der Waals surface area contributed by atoms with Gasteiger partial charge in [0.2, 0.25) is 5.91 Å². The zero-order chi connectivity index (χ0) is 11.1. The lowest BCUT2D eigenvalue weighted by Crippen LogP contribution is -2.09. The summed E-state index contributed by atoms with van der Waals surface area (Å²) in [5, 5.41) is 3.11. The first-order valence-electron chi connectivity index (χ1n) is 4.43. The van der Waals surface area contributed by atoms with Gasteiger partial charge in [-0.15, -0.1) is 0 Å². The predicted molar refractivity (Wildman–Crippen MR) is 58.3 cm³/mol. The Hall–Kier alpha value is -0.870. The smallest absolute Gasteiger partial charge is 0.240 e. The molecular formula is C9H23N3O. The van der Waals surface area contributed by atoms with Crippen LogP contribution >= 0.6 is 0 Å². The molecule has 0 fully saturated rings. The van der Waals surface area contributed by atoms with Crippen molar-refractivity contribution in [3.8, 4) is 0 Å². The minimum absolute atomic E-state index is 0.481. The topological polar surface area (TPSA) is 81.1 Å². The molecule has 4 heteroatoms. The van der Waals surface area contributed by atoms with Crippen LogP contribution in [-0.2, 0) is 4.79 Å². The number of hydrogen-bond acceptors (Lipinski definition) is 3. The van der Waals surface area contributed by atoms with Crippen LogP contribution in [0.5, 0.6) is 0 Å². The second kappa shape index (κ2) is 22.5. The summed E-state index contributed by atoms with van der Waals surface area (Å²) < 4.78 is 0. The standard InChI is InChI=1S/C4H11N.C3H5NO.C2H7N/c1-3-5-4-2;1-2-3(4)5;1-2-3/h5H,3-4H2,1-2H3;2H,1H2,(H2,4,5);2-3H2,1H3. The largest absolute Gasteiger partial charge is 0.366 e. The van der Waals surface area contributed by atoms with E-state index < -0.39 is 5.91 Å². The van der Waals surface area contributed by atoms with Gasteiger partial charge in [0.25, 0.3) is 0 Å². The Balaban J connectivity index is -0.000000120. The fourth-order valence-electron chi connectivity index (χ4n) is 0.250. The van der Waals surface area contributed by atoms with Gasteiger partial charge in [0.1, 0.15) is 0 Å². The monoisotopic (exact) mass is 189 g/mol. The Morgan fingerprint density at radius 2 is 1.62 bits per heavy atom. The third kappa shape index (κ3) is 94.7. The van der Waals surface area contributed by atoms with Gasteiger partial charge in [-0.3, -0.25) is 4.79 Å². The summed E-state index contributed by atoms with van der Waals surface area (Å²) in [4.78, 5) is 9.47. The number of primary amides is 1. The third-order valence-corrected chi connectivity index (χ3v) is 0.701. The summed E-state index contributed by atoms with van der Waals surface area (Å²) in [7, 11) is 0. The molecule has 0 saturated heterocycles. The van der Waals surface area contributed by atoms with E-state index in [1.54, 1.807) is 0 Å². The molecule has 0 aromatic heterocycles. The van der Waals surface area contributed by atoms with Gasteiger partial charge in [0, 0.05) is 0 Å². The predicted octanol–water partition coefficient (Wildman–Crippen LogP) is 0.239. The number of carbonyl (C=O) groups is 1. The molecule has 4 nitrogen and oxygen atoms in total. The molecule has 0 saturated carbocycles. The van der Waals surface area contributed by atoms with Gasteiger partial charge >= 0.3 is 0 Å². The number of nitrogens with two attached hydrogens (primary N) is 2. The maximum Gasteiger partial charge on any atom is 0.240 e. The molecule has 5 N–H and O–H groups in total. The Morgan fingerprint density at radius 1 is 1.38 bits per heavy atom. The van der Waals surface area contributed by atoms with E-state index in [1.807, 2.05) is 6.92 Å². The third-order valence-electron chi connectivity index (χ3n) is 0.701. The fraction of sp³-hybridized carbons (Fsp3) is 0.667. The Kier molecular flexibility index (Phi) is 31.2. The zero-order valence-corrected chi connectivity index (χ0v) is 8.97. The van der Waals surface area contributed by atoms with E-state index in [2.05, 4.69) is 31.5 Å². The van der Waals surface area contributed by atoms with Crippen LogP contribution in [-0.4, -0.2) is 25.5 Å². The SMILES string of the molecule is C=CC(N)=O.CCN.CCNCC. The molecule has 1 amide bonds. The van der Waals surface area contributed by atoms with Crippen LogP contribution in [0.15, 0.2) is 12.7 Å². The van der Waals surface area contributed by atoms with Crippen LogP contribution in [0.25, 0.3) is 0 Å². The molecule has 0 heterocycles. The second-order valence-corrected chi connectivity index (χ2v) is 1.97. The van der Waals surface area contributed by atoms with Crippen molar-refractivity contribution in [3.05, 3.63) is 12.7 Å². The number of hydrogen-bond donors (Lipinski definition) is 3. The molecule has 0 aliphatic carbocycles. The van der Waals surface area contributed by atoms with Crippen molar-refractivity contribution in [1.29, 1.82) is 0 Å². The van der Waals surface area contributed by atoms with E-state index in [0.717, 1.165) is 25.7 Å². The van der Waals surface area contributed by atoms with Crippen molar-refractivity contribution < 1.29 is 4.79 Å². The Bertz CT molecular complexity index is 103. The first-order chi connectivity index (χ1) is 6.10. The quantitative estimate of drug-likeness (QED) is 0.556. The molecule has 0 bridgehead atoms. The fourth-order valence-corrected chi connectivity index (χ4v) is 0.250. The van der Waals surface area contributed by atoms with Crippen LogP contribution in [0.1, 0.15) is 20.8 Å². The Morgan fingerprint density at radius 3 is 1.62 bits per heavy atom. The van der Waals surface area contributed by atoms with Crippen LogP contribution in [0.4, 0.5) is 0 Å². The molecule has 0 aliphatic heterocycles. The van der Waals surface area contributed by atoms with Crippen molar-refractivity contribution in [2.24, 2.45) is 11.5 Å². The normalized spacial score (nSPS) is 7.08. The molecule has 0 aromatic carbocycles. The van der Waals surface area contributed by atoms with Crippen molar-refractivity contribution in [1.82, 2.24) is 5.32 Å². The summed E-state index contributed by atoms with van der Waals surface area (Å²) in [6.07, 6.45) is 1.06. The lowest BCUT2D eigenvalue weighted by Gasteiger charge is -1.86. The van der Waals surface area contributed by atoms with E-state index in [0.29, 0.717) is 0 Å². The first kappa shape index (κ1) is 18.0. The summed E-state index contributed by atoms with van der Waals surface area (Å²) >= 11 is 0. The van der Waals surface area contributed by atoms with Crippen molar-refractivity contribution in [2.75, 3.05) is 19.6 Å². The highest BCUT2D eigenvalue weighted by atomic mass is 16.1. The molecule has 0 aliphatic rings. The number of amides is 1. The first-order valence-corrected chi connectivity index (χ1v) is 4.43. The number of rotatable bonds is 3. The van der Waals surface area contributed by atoms with Gasteiger partial charge in [-0.25, -0.2) is 0 Å². The summed E-state index contributed by atoms with van der Waals surface area (Å²) in [6, 6.07) is 0. The minimum Gasteiger partial charge on any atom is -0.366 e. The van der Waals surface area contributed by atoms with Gasteiger partial charge in [-0.2, -0.15) is 0 Å². The van der Waals surface area contributed by atoms with E-state index in [9.17, 15) is 4.79 Å². The molecule has 0 spiro atoms. The maximum atomic E-state index is 9.47. The highest BCUT2D eigenvalue weighted by Gasteiger charge is 1.69. The number of carbonyl (C=O) groups excluding carboxylic acids is 1. The van der Waals surface area contributed by atoms with Gasteiger partial charge in [-0.05, 0) is 25.7 Å². The molecule has 0 aromatic rings. The van der Waals surface area contributed by atoms with E-state index >= 15 is 0 Å². The highest BCUT2D eigenvalue weighted by molar-refractivity contribution is 5.84. The molecule has 80 valence electrons. The zero-order valence-electron chi connectivity index (χ0n) is 8.97. The lowest BCUT2D eigenvalue weighted by molar-refractivity contribution is -0.113. The van der Waals surface area contributed by atoms with Gasteiger partial charge in [-0.1, -0.05) is 27.4 Å². The molecule has 13 heavy (non-hydrogen) atoms. The summed E-state index contributed by atoms with van der Waals surface area (Å²) in [5.41, 5.74) is 9.38. The van der Waals surface area contributed by atoms with Crippen LogP contribution in [0.3, 0.4) is 0 Å². The Labute approximate surface area is 81.4 Å². The van der Waals surface area contributed by atoms with Gasteiger partial charge < -0.3 is 16.8 Å². The van der Waals surface area contributed by atoms with E-state index in [1.165, 1.54) is 0 Å². The van der Waals surface area contributed by atoms with Crippen LogP contribution in [0, 0.1) is 0 Å². The lowest BCUT2D eigenvalue weighted by atomic mass is 10.6. The van der Waals surface area contributed by atoms with Crippen molar-refractivity contribution >= 4 is 5.91 Å². The maximum absolute atomic E-state index is 9.47. The van der Waals surface area contributed by atoms with Crippen molar-refractivity contribution in [2.45, 2.75) is 20.8 Å². The summed E-state index contributed by atoms with van der Waals surface area (Å²) in [6.45, 7) is 12.1. The average molecular weight is 189 g/mol.